The Morgan fingerprint density at radius 2 is 2.03 bits per heavy atom. The summed E-state index contributed by atoms with van der Waals surface area (Å²) in [4.78, 5) is 8.66. The molecule has 1 aromatic heterocycles. The van der Waals surface area contributed by atoms with Crippen molar-refractivity contribution in [1.82, 2.24) is 9.88 Å². The van der Waals surface area contributed by atoms with Gasteiger partial charge in [-0.25, -0.2) is 9.37 Å². The second-order valence-electron chi connectivity index (χ2n) is 6.98. The molecule has 0 bridgehead atoms. The monoisotopic (exact) mass is 467 g/mol. The Bertz CT molecular complexity index is 979. The van der Waals surface area contributed by atoms with Gasteiger partial charge in [0.15, 0.2) is 16.7 Å². The number of nitriles is 1. The Morgan fingerprint density at radius 1 is 1.23 bits per heavy atom. The summed E-state index contributed by atoms with van der Waals surface area (Å²) in [5.74, 6) is 0.942. The van der Waals surface area contributed by atoms with Crippen LogP contribution in [0.4, 0.5) is 15.8 Å². The molecule has 1 saturated heterocycles. The van der Waals surface area contributed by atoms with E-state index in [9.17, 15) is 4.39 Å². The van der Waals surface area contributed by atoms with Crippen LogP contribution in [0.15, 0.2) is 23.2 Å². The molecule has 0 spiro atoms. The fourth-order valence-corrected chi connectivity index (χ4v) is 4.92. The van der Waals surface area contributed by atoms with Gasteiger partial charge in [-0.1, -0.05) is 23.2 Å². The van der Waals surface area contributed by atoms with Gasteiger partial charge in [-0.3, -0.25) is 4.90 Å². The molecule has 6 nitrogen and oxygen atoms in total. The van der Waals surface area contributed by atoms with Gasteiger partial charge in [0.05, 0.1) is 16.9 Å². The molecule has 2 aliphatic heterocycles. The van der Waals surface area contributed by atoms with Gasteiger partial charge in [-0.05, 0) is 18.2 Å². The molecule has 0 aliphatic carbocycles. The highest BCUT2D eigenvalue weighted by atomic mass is 35.5. The normalized spacial score (nSPS) is 16.4. The average molecular weight is 468 g/mol. The lowest BCUT2D eigenvalue weighted by Crippen LogP contribution is -2.47. The minimum absolute atomic E-state index is 0.202. The van der Waals surface area contributed by atoms with Crippen LogP contribution in [0.5, 0.6) is 5.75 Å². The molecule has 1 N–H and O–H groups in total. The van der Waals surface area contributed by atoms with E-state index < -0.39 is 5.82 Å². The predicted octanol–water partition coefficient (Wildman–Crippen LogP) is 4.12. The number of piperazine rings is 1. The summed E-state index contributed by atoms with van der Waals surface area (Å²) in [7, 11) is 0. The summed E-state index contributed by atoms with van der Waals surface area (Å²) >= 11 is 13.5. The van der Waals surface area contributed by atoms with Crippen LogP contribution in [-0.2, 0) is 0 Å². The van der Waals surface area contributed by atoms with Crippen molar-refractivity contribution in [1.29, 1.82) is 5.26 Å². The Hall–Kier alpha value is -1.92. The quantitative estimate of drug-likeness (QED) is 0.523. The molecule has 0 saturated carbocycles. The first-order chi connectivity index (χ1) is 14.5. The van der Waals surface area contributed by atoms with Gasteiger partial charge < -0.3 is 15.0 Å². The van der Waals surface area contributed by atoms with Gasteiger partial charge in [0, 0.05) is 50.0 Å². The predicted molar refractivity (Wildman–Crippen MR) is 119 cm³/mol. The van der Waals surface area contributed by atoms with Crippen LogP contribution in [-0.4, -0.2) is 61.5 Å². The standard InChI is InChI=1S/C20H20Cl2FN5OS/c21-14-10-16-18(29-7-1-25-16)17(11-14)28-4-2-27(3-5-28)6-8-30-20-13(12-24)9-15(23)19(22)26-20/h9-11,25H,1-8H2. The Kier molecular flexibility index (Phi) is 6.74. The lowest BCUT2D eigenvalue weighted by Gasteiger charge is -2.37. The number of anilines is 2. The molecule has 4 rings (SSSR count). The minimum Gasteiger partial charge on any atom is -0.487 e. The molecule has 158 valence electrons. The summed E-state index contributed by atoms with van der Waals surface area (Å²) in [6.45, 7) is 5.79. The zero-order valence-electron chi connectivity index (χ0n) is 16.1. The Balaban J connectivity index is 1.33. The number of nitrogens with zero attached hydrogens (tertiary/aromatic N) is 4. The van der Waals surface area contributed by atoms with E-state index in [4.69, 9.17) is 33.2 Å². The van der Waals surface area contributed by atoms with Crippen LogP contribution in [0.3, 0.4) is 0 Å². The first-order valence-electron chi connectivity index (χ1n) is 9.61. The molecular weight excluding hydrogens is 448 g/mol. The molecule has 1 aromatic carbocycles. The van der Waals surface area contributed by atoms with Gasteiger partial charge in [0.25, 0.3) is 0 Å². The van der Waals surface area contributed by atoms with Crippen LogP contribution >= 0.6 is 35.0 Å². The summed E-state index contributed by atoms with van der Waals surface area (Å²) < 4.78 is 19.4. The number of rotatable bonds is 5. The number of ether oxygens (including phenoxy) is 1. The highest BCUT2D eigenvalue weighted by Crippen LogP contribution is 2.40. The number of nitrogens with one attached hydrogen (secondary N) is 1. The molecular formula is C20H20Cl2FN5OS. The fraction of sp³-hybridized carbons (Fsp3) is 0.400. The third-order valence-electron chi connectivity index (χ3n) is 5.08. The number of thioether (sulfide) groups is 1. The largest absolute Gasteiger partial charge is 0.487 e. The van der Waals surface area contributed by atoms with E-state index in [1.54, 1.807) is 0 Å². The van der Waals surface area contributed by atoms with E-state index in [-0.39, 0.29) is 10.7 Å². The van der Waals surface area contributed by atoms with E-state index in [0.717, 1.165) is 68.2 Å². The molecule has 0 amide bonds. The van der Waals surface area contributed by atoms with Crippen LogP contribution in [0.1, 0.15) is 5.56 Å². The minimum atomic E-state index is -0.670. The number of aromatic nitrogens is 1. The third kappa shape index (κ3) is 4.70. The maximum Gasteiger partial charge on any atom is 0.166 e. The number of halogens is 3. The molecule has 2 aromatic rings. The number of hydrogen-bond donors (Lipinski definition) is 1. The van der Waals surface area contributed by atoms with Gasteiger partial charge in [0.1, 0.15) is 17.7 Å². The maximum absolute atomic E-state index is 13.5. The van der Waals surface area contributed by atoms with Crippen LogP contribution in [0, 0.1) is 17.1 Å². The van der Waals surface area contributed by atoms with Crippen molar-refractivity contribution >= 4 is 46.3 Å². The number of hydrogen-bond acceptors (Lipinski definition) is 7. The van der Waals surface area contributed by atoms with Gasteiger partial charge in [0.2, 0.25) is 0 Å². The third-order valence-corrected chi connectivity index (χ3v) is 6.53. The van der Waals surface area contributed by atoms with Crippen LogP contribution in [0.2, 0.25) is 10.2 Å². The van der Waals surface area contributed by atoms with Crippen molar-refractivity contribution < 1.29 is 9.13 Å². The van der Waals surface area contributed by atoms with Crippen molar-refractivity contribution in [3.05, 3.63) is 39.8 Å². The summed E-state index contributed by atoms with van der Waals surface area (Å²) in [6.07, 6.45) is 0. The molecule has 0 atom stereocenters. The molecule has 2 aliphatic rings. The summed E-state index contributed by atoms with van der Waals surface area (Å²) in [6, 6.07) is 6.98. The highest BCUT2D eigenvalue weighted by molar-refractivity contribution is 7.99. The number of fused-ring (bicyclic) bond motifs is 1. The molecule has 3 heterocycles. The molecule has 0 radical (unpaired) electrons. The number of pyridine rings is 1. The first kappa shape index (κ1) is 21.3. The zero-order chi connectivity index (χ0) is 21.1. The van der Waals surface area contributed by atoms with Crippen molar-refractivity contribution in [3.63, 3.8) is 0 Å². The van der Waals surface area contributed by atoms with E-state index in [1.807, 2.05) is 18.2 Å². The smallest absolute Gasteiger partial charge is 0.166 e. The van der Waals surface area contributed by atoms with Crippen LogP contribution in [0.25, 0.3) is 0 Å². The SMILES string of the molecule is N#Cc1cc(F)c(Cl)nc1SCCN1CCN(c2cc(Cl)cc3c2OCCN3)CC1. The van der Waals surface area contributed by atoms with E-state index in [1.165, 1.54) is 11.8 Å². The van der Waals surface area contributed by atoms with Gasteiger partial charge in [-0.2, -0.15) is 5.26 Å². The second kappa shape index (κ2) is 9.48. The van der Waals surface area contributed by atoms with Gasteiger partial charge >= 0.3 is 0 Å². The number of benzene rings is 1. The molecule has 10 heteroatoms. The van der Waals surface area contributed by atoms with Crippen molar-refractivity contribution in [2.75, 3.05) is 61.8 Å². The van der Waals surface area contributed by atoms with Gasteiger partial charge in [-0.15, -0.1) is 11.8 Å². The fourth-order valence-electron chi connectivity index (χ4n) is 3.56. The van der Waals surface area contributed by atoms with E-state index >= 15 is 0 Å². The second-order valence-corrected chi connectivity index (χ2v) is 8.86. The van der Waals surface area contributed by atoms with E-state index in [2.05, 4.69) is 20.1 Å². The molecule has 30 heavy (non-hydrogen) atoms. The Morgan fingerprint density at radius 3 is 2.80 bits per heavy atom. The van der Waals surface area contributed by atoms with Crippen molar-refractivity contribution in [3.8, 4) is 11.8 Å². The van der Waals surface area contributed by atoms with Crippen molar-refractivity contribution in [2.45, 2.75) is 5.03 Å². The topological polar surface area (TPSA) is 64.4 Å². The lowest BCUT2D eigenvalue weighted by atomic mass is 10.2. The summed E-state index contributed by atoms with van der Waals surface area (Å²) in [5, 5.41) is 13.5. The molecule has 1 fully saturated rings. The average Bonchev–Trinajstić information content (AvgIpc) is 2.76. The van der Waals surface area contributed by atoms with Crippen LogP contribution < -0.4 is 15.0 Å². The maximum atomic E-state index is 13.5. The zero-order valence-corrected chi connectivity index (χ0v) is 18.5. The first-order valence-corrected chi connectivity index (χ1v) is 11.4. The highest BCUT2D eigenvalue weighted by Gasteiger charge is 2.24. The lowest BCUT2D eigenvalue weighted by molar-refractivity contribution is 0.270. The Labute approximate surface area is 188 Å². The summed E-state index contributed by atoms with van der Waals surface area (Å²) in [5.41, 5.74) is 2.19. The van der Waals surface area contributed by atoms with Crippen molar-refractivity contribution in [2.24, 2.45) is 0 Å². The van der Waals surface area contributed by atoms with E-state index in [0.29, 0.717) is 16.7 Å². The molecule has 0 unspecified atom stereocenters.